The molecule has 0 unspecified atom stereocenters. The summed E-state index contributed by atoms with van der Waals surface area (Å²) in [6.07, 6.45) is -3.07. The van der Waals surface area contributed by atoms with Gasteiger partial charge in [0.1, 0.15) is 0 Å². The van der Waals surface area contributed by atoms with Gasteiger partial charge in [0.05, 0.1) is 17.6 Å². The summed E-state index contributed by atoms with van der Waals surface area (Å²) in [5, 5.41) is 3.36. The quantitative estimate of drug-likeness (QED) is 0.591. The number of amides is 1. The van der Waals surface area contributed by atoms with Gasteiger partial charge in [0.25, 0.3) is 0 Å². The van der Waals surface area contributed by atoms with E-state index in [4.69, 9.17) is 11.6 Å². The predicted molar refractivity (Wildman–Crippen MR) is 114 cm³/mol. The number of para-hydroxylation sites is 2. The van der Waals surface area contributed by atoms with Gasteiger partial charge in [0, 0.05) is 17.3 Å². The molecule has 4 rings (SSSR count). The zero-order valence-corrected chi connectivity index (χ0v) is 17.5. The van der Waals surface area contributed by atoms with Gasteiger partial charge in [0.15, 0.2) is 0 Å². The molecule has 1 aliphatic heterocycles. The van der Waals surface area contributed by atoms with Gasteiger partial charge in [-0.15, -0.1) is 0 Å². The maximum absolute atomic E-state index is 13.5. The second-order valence-corrected chi connectivity index (χ2v) is 8.25. The van der Waals surface area contributed by atoms with E-state index in [9.17, 15) is 18.0 Å². The third kappa shape index (κ3) is 5.19. The molecule has 3 aromatic rings. The van der Waals surface area contributed by atoms with Crippen molar-refractivity contribution >= 4 is 34.2 Å². The summed E-state index contributed by atoms with van der Waals surface area (Å²) in [7, 11) is 0. The van der Waals surface area contributed by atoms with E-state index in [1.165, 1.54) is 4.57 Å². The summed E-state index contributed by atoms with van der Waals surface area (Å²) in [4.78, 5) is 18.1. The topological polar surface area (TPSA) is 50.2 Å². The highest BCUT2D eigenvalue weighted by atomic mass is 35.5. The third-order valence-electron chi connectivity index (χ3n) is 5.53. The number of fused-ring (bicyclic) bond motifs is 1. The van der Waals surface area contributed by atoms with Crippen LogP contribution in [0.5, 0.6) is 0 Å². The number of nitrogens with one attached hydrogen (secondary N) is 1. The molecule has 1 amide bonds. The molecule has 0 atom stereocenters. The van der Waals surface area contributed by atoms with Crippen LogP contribution in [-0.2, 0) is 17.5 Å². The summed E-state index contributed by atoms with van der Waals surface area (Å²) in [5.41, 5.74) is 1.49. The smallest absolute Gasteiger partial charge is 0.325 e. The zero-order chi connectivity index (χ0) is 22.0. The molecule has 1 saturated heterocycles. The van der Waals surface area contributed by atoms with Crippen LogP contribution in [0.2, 0.25) is 5.02 Å². The van der Waals surface area contributed by atoms with Gasteiger partial charge in [-0.05, 0) is 62.2 Å². The van der Waals surface area contributed by atoms with E-state index in [1.54, 1.807) is 48.5 Å². The van der Waals surface area contributed by atoms with E-state index < -0.39 is 12.0 Å². The van der Waals surface area contributed by atoms with Crippen molar-refractivity contribution in [2.75, 3.05) is 25.0 Å². The van der Waals surface area contributed by atoms with E-state index in [0.717, 1.165) is 0 Å². The monoisotopic (exact) mass is 450 g/mol. The minimum Gasteiger partial charge on any atom is -0.325 e. The SMILES string of the molecule is O=C(CN1CCC(Cn2c(C(F)(F)F)nc3ccccc32)CC1)Nc1cccc(Cl)c1. The second kappa shape index (κ2) is 8.88. The maximum Gasteiger partial charge on any atom is 0.449 e. The van der Waals surface area contributed by atoms with Crippen molar-refractivity contribution in [2.45, 2.75) is 25.6 Å². The summed E-state index contributed by atoms with van der Waals surface area (Å²) in [5.74, 6) is -0.899. The number of likely N-dealkylation sites (tertiary alicyclic amines) is 1. The minimum atomic E-state index is -4.50. The van der Waals surface area contributed by atoms with Gasteiger partial charge in [0.2, 0.25) is 11.7 Å². The molecule has 0 aliphatic carbocycles. The van der Waals surface area contributed by atoms with Crippen LogP contribution in [0.25, 0.3) is 11.0 Å². The first-order chi connectivity index (χ1) is 14.8. The molecular formula is C22H22ClF3N4O. The average Bonchev–Trinajstić information content (AvgIpc) is 3.08. The Balaban J connectivity index is 1.36. The lowest BCUT2D eigenvalue weighted by atomic mass is 9.96. The van der Waals surface area contributed by atoms with Crippen molar-refractivity contribution in [2.24, 2.45) is 5.92 Å². The lowest BCUT2D eigenvalue weighted by Gasteiger charge is -2.32. The first kappa shape index (κ1) is 21.6. The van der Waals surface area contributed by atoms with Crippen LogP contribution in [0, 0.1) is 5.92 Å². The van der Waals surface area contributed by atoms with Crippen molar-refractivity contribution in [3.63, 3.8) is 0 Å². The van der Waals surface area contributed by atoms with Crippen molar-refractivity contribution in [1.29, 1.82) is 0 Å². The Morgan fingerprint density at radius 2 is 1.87 bits per heavy atom. The Bertz CT molecular complexity index is 1070. The first-order valence-corrected chi connectivity index (χ1v) is 10.5. The lowest BCUT2D eigenvalue weighted by molar-refractivity contribution is -0.147. The molecule has 31 heavy (non-hydrogen) atoms. The number of carbonyl (C=O) groups is 1. The van der Waals surface area contributed by atoms with Crippen molar-refractivity contribution < 1.29 is 18.0 Å². The van der Waals surface area contributed by atoms with Crippen molar-refractivity contribution in [3.8, 4) is 0 Å². The normalized spacial score (nSPS) is 16.0. The molecule has 2 aromatic carbocycles. The molecule has 9 heteroatoms. The largest absolute Gasteiger partial charge is 0.449 e. The molecule has 0 radical (unpaired) electrons. The standard InChI is InChI=1S/C22H22ClF3N4O/c23-16-4-3-5-17(12-16)27-20(31)14-29-10-8-15(9-11-29)13-30-19-7-2-1-6-18(19)28-21(30)22(24,25)26/h1-7,12,15H,8-11,13-14H2,(H,27,31). The Kier molecular flexibility index (Phi) is 6.20. The van der Waals surface area contributed by atoms with Gasteiger partial charge in [-0.3, -0.25) is 9.69 Å². The molecule has 0 saturated carbocycles. The fraction of sp³-hybridized carbons (Fsp3) is 0.364. The number of anilines is 1. The third-order valence-corrected chi connectivity index (χ3v) is 5.77. The Labute approximate surface area is 182 Å². The number of imidazole rings is 1. The predicted octanol–water partition coefficient (Wildman–Crippen LogP) is 5.06. The number of carbonyl (C=O) groups excluding carboxylic acids is 1. The second-order valence-electron chi connectivity index (χ2n) is 7.81. The van der Waals surface area contributed by atoms with Gasteiger partial charge in [-0.25, -0.2) is 4.98 Å². The molecule has 1 N–H and O–H groups in total. The zero-order valence-electron chi connectivity index (χ0n) is 16.7. The molecule has 1 aromatic heterocycles. The van der Waals surface area contributed by atoms with Gasteiger partial charge in [-0.2, -0.15) is 13.2 Å². The molecule has 0 spiro atoms. The average molecular weight is 451 g/mol. The minimum absolute atomic E-state index is 0.0888. The van der Waals surface area contributed by atoms with E-state index in [1.807, 2.05) is 4.90 Å². The fourth-order valence-electron chi connectivity index (χ4n) is 4.03. The number of rotatable bonds is 5. The highest BCUT2D eigenvalue weighted by molar-refractivity contribution is 6.30. The van der Waals surface area contributed by atoms with E-state index in [0.29, 0.717) is 47.7 Å². The van der Waals surface area contributed by atoms with Crippen molar-refractivity contribution in [1.82, 2.24) is 14.5 Å². The van der Waals surface area contributed by atoms with E-state index >= 15 is 0 Å². The van der Waals surface area contributed by atoms with Crippen LogP contribution in [0.4, 0.5) is 18.9 Å². The maximum atomic E-state index is 13.5. The first-order valence-electron chi connectivity index (χ1n) is 10.1. The van der Waals surface area contributed by atoms with Crippen molar-refractivity contribution in [3.05, 3.63) is 59.4 Å². The number of hydrogen-bond acceptors (Lipinski definition) is 3. The molecule has 5 nitrogen and oxygen atoms in total. The highest BCUT2D eigenvalue weighted by Crippen LogP contribution is 2.33. The van der Waals surface area contributed by atoms with Gasteiger partial charge >= 0.3 is 6.18 Å². The Morgan fingerprint density at radius 3 is 2.58 bits per heavy atom. The highest BCUT2D eigenvalue weighted by Gasteiger charge is 2.38. The fourth-order valence-corrected chi connectivity index (χ4v) is 4.22. The lowest BCUT2D eigenvalue weighted by Crippen LogP contribution is -2.40. The number of alkyl halides is 3. The van der Waals surface area contributed by atoms with Crippen LogP contribution < -0.4 is 5.32 Å². The summed E-state index contributed by atoms with van der Waals surface area (Å²) in [6.45, 7) is 1.81. The molecule has 2 heterocycles. The Morgan fingerprint density at radius 1 is 1.13 bits per heavy atom. The van der Waals surface area contributed by atoms with Crippen LogP contribution >= 0.6 is 11.6 Å². The number of piperidine rings is 1. The summed E-state index contributed by atoms with van der Waals surface area (Å²) in [6, 6.07) is 13.6. The van der Waals surface area contributed by atoms with Crippen LogP contribution in [0.3, 0.4) is 0 Å². The van der Waals surface area contributed by atoms with Gasteiger partial charge in [-0.1, -0.05) is 29.8 Å². The molecule has 1 aliphatic rings. The van der Waals surface area contributed by atoms with E-state index in [2.05, 4.69) is 10.3 Å². The molecule has 1 fully saturated rings. The van der Waals surface area contributed by atoms with Crippen LogP contribution in [0.1, 0.15) is 18.7 Å². The van der Waals surface area contributed by atoms with Gasteiger partial charge < -0.3 is 9.88 Å². The number of aromatic nitrogens is 2. The van der Waals surface area contributed by atoms with Crippen LogP contribution in [0.15, 0.2) is 48.5 Å². The number of halogens is 4. The van der Waals surface area contributed by atoms with E-state index in [-0.39, 0.29) is 24.9 Å². The number of hydrogen-bond donors (Lipinski definition) is 1. The molecular weight excluding hydrogens is 429 g/mol. The number of nitrogens with zero attached hydrogens (tertiary/aromatic N) is 3. The Hall–Kier alpha value is -2.58. The molecule has 164 valence electrons. The van der Waals surface area contributed by atoms with Crippen LogP contribution in [-0.4, -0.2) is 40.0 Å². The molecule has 0 bridgehead atoms. The number of benzene rings is 2. The summed E-state index contributed by atoms with van der Waals surface area (Å²) < 4.78 is 41.8. The summed E-state index contributed by atoms with van der Waals surface area (Å²) >= 11 is 5.93.